The SMILES string of the molecule is CC(NC1CCCC(C(F)(F)F)C1)c1ccccc1OC(F)F. The molecule has 3 unspecified atom stereocenters. The number of nitrogens with one attached hydrogen (secondary N) is 1. The van der Waals surface area contributed by atoms with Gasteiger partial charge in [0.15, 0.2) is 0 Å². The Morgan fingerprint density at radius 2 is 1.87 bits per heavy atom. The normalized spacial score (nSPS) is 23.8. The molecule has 0 aromatic heterocycles. The summed E-state index contributed by atoms with van der Waals surface area (Å²) >= 11 is 0. The van der Waals surface area contributed by atoms with Crippen LogP contribution >= 0.6 is 0 Å². The van der Waals surface area contributed by atoms with E-state index < -0.39 is 18.7 Å². The van der Waals surface area contributed by atoms with Crippen molar-refractivity contribution in [3.63, 3.8) is 0 Å². The van der Waals surface area contributed by atoms with Crippen LogP contribution in [-0.2, 0) is 0 Å². The summed E-state index contributed by atoms with van der Waals surface area (Å²) in [7, 11) is 0. The van der Waals surface area contributed by atoms with Crippen LogP contribution in [0.4, 0.5) is 22.0 Å². The van der Waals surface area contributed by atoms with Crippen molar-refractivity contribution in [1.82, 2.24) is 5.32 Å². The van der Waals surface area contributed by atoms with Gasteiger partial charge in [0.1, 0.15) is 5.75 Å². The standard InChI is InChI=1S/C16H20F5NO/c1-10(13-7-2-3-8-14(13)23-15(17)18)22-12-6-4-5-11(9-12)16(19,20)21/h2-3,7-8,10-12,15,22H,4-6,9H2,1H3. The Kier molecular flexibility index (Phi) is 5.84. The molecule has 1 aliphatic rings. The Bertz CT molecular complexity index is 505. The molecular weight excluding hydrogens is 317 g/mol. The van der Waals surface area contributed by atoms with Crippen molar-refractivity contribution in [3.8, 4) is 5.75 Å². The summed E-state index contributed by atoms with van der Waals surface area (Å²) in [5, 5.41) is 3.13. The Morgan fingerprint density at radius 3 is 2.52 bits per heavy atom. The minimum absolute atomic E-state index is 0.0196. The zero-order valence-corrected chi connectivity index (χ0v) is 12.7. The number of hydrogen-bond donors (Lipinski definition) is 1. The highest BCUT2D eigenvalue weighted by molar-refractivity contribution is 5.35. The van der Waals surface area contributed by atoms with Crippen molar-refractivity contribution in [1.29, 1.82) is 0 Å². The van der Waals surface area contributed by atoms with Crippen LogP contribution in [0.25, 0.3) is 0 Å². The molecule has 1 aromatic rings. The van der Waals surface area contributed by atoms with E-state index in [1.807, 2.05) is 0 Å². The van der Waals surface area contributed by atoms with E-state index in [1.165, 1.54) is 6.07 Å². The summed E-state index contributed by atoms with van der Waals surface area (Å²) in [5.41, 5.74) is 0.516. The maximum absolute atomic E-state index is 12.9. The van der Waals surface area contributed by atoms with Gasteiger partial charge in [0.2, 0.25) is 0 Å². The van der Waals surface area contributed by atoms with Crippen LogP contribution < -0.4 is 10.1 Å². The van der Waals surface area contributed by atoms with Crippen molar-refractivity contribution in [2.45, 2.75) is 57.5 Å². The summed E-state index contributed by atoms with van der Waals surface area (Å²) in [6.07, 6.45) is -2.86. The largest absolute Gasteiger partial charge is 0.434 e. The molecule has 0 aliphatic heterocycles. The predicted octanol–water partition coefficient (Wildman–Crippen LogP) is 5.06. The van der Waals surface area contributed by atoms with Gasteiger partial charge < -0.3 is 10.1 Å². The average Bonchev–Trinajstić information content (AvgIpc) is 2.46. The molecule has 0 amide bonds. The lowest BCUT2D eigenvalue weighted by atomic mass is 9.84. The lowest BCUT2D eigenvalue weighted by Gasteiger charge is -2.33. The van der Waals surface area contributed by atoms with Gasteiger partial charge in [0, 0.05) is 17.6 Å². The van der Waals surface area contributed by atoms with E-state index in [2.05, 4.69) is 10.1 Å². The Morgan fingerprint density at radius 1 is 1.17 bits per heavy atom. The van der Waals surface area contributed by atoms with Crippen LogP contribution in [0.3, 0.4) is 0 Å². The second-order valence-electron chi connectivity index (χ2n) is 5.91. The van der Waals surface area contributed by atoms with Crippen LogP contribution in [0.15, 0.2) is 24.3 Å². The van der Waals surface area contributed by atoms with Gasteiger partial charge in [-0.15, -0.1) is 0 Å². The minimum Gasteiger partial charge on any atom is -0.434 e. The first-order valence-corrected chi connectivity index (χ1v) is 7.64. The summed E-state index contributed by atoms with van der Waals surface area (Å²) in [6, 6.07) is 5.67. The minimum atomic E-state index is -4.18. The van der Waals surface area contributed by atoms with Gasteiger partial charge in [-0.25, -0.2) is 0 Å². The predicted molar refractivity (Wildman–Crippen MR) is 76.4 cm³/mol. The first-order chi connectivity index (χ1) is 10.8. The summed E-state index contributed by atoms with van der Waals surface area (Å²) in [5.74, 6) is -1.25. The van der Waals surface area contributed by atoms with E-state index in [0.717, 1.165) is 0 Å². The maximum atomic E-state index is 12.9. The lowest BCUT2D eigenvalue weighted by molar-refractivity contribution is -0.183. The number of hydrogen-bond acceptors (Lipinski definition) is 2. The number of benzene rings is 1. The molecule has 2 nitrogen and oxygen atoms in total. The number of rotatable bonds is 5. The Labute approximate surface area is 132 Å². The fraction of sp³-hybridized carbons (Fsp3) is 0.625. The van der Waals surface area contributed by atoms with Crippen LogP contribution in [0, 0.1) is 5.92 Å². The van der Waals surface area contributed by atoms with E-state index in [4.69, 9.17) is 0 Å². The van der Waals surface area contributed by atoms with E-state index in [9.17, 15) is 22.0 Å². The van der Waals surface area contributed by atoms with E-state index in [0.29, 0.717) is 18.4 Å². The van der Waals surface area contributed by atoms with Crippen LogP contribution in [0.1, 0.15) is 44.2 Å². The smallest absolute Gasteiger partial charge is 0.391 e. The van der Waals surface area contributed by atoms with E-state index in [-0.39, 0.29) is 30.7 Å². The molecule has 7 heteroatoms. The highest BCUT2D eigenvalue weighted by Gasteiger charge is 2.42. The first-order valence-electron chi connectivity index (χ1n) is 7.64. The Hall–Kier alpha value is -1.37. The van der Waals surface area contributed by atoms with Crippen molar-refractivity contribution < 1.29 is 26.7 Å². The fourth-order valence-electron chi connectivity index (χ4n) is 3.12. The summed E-state index contributed by atoms with van der Waals surface area (Å²) in [4.78, 5) is 0. The van der Waals surface area contributed by atoms with Crippen LogP contribution in [-0.4, -0.2) is 18.8 Å². The molecule has 0 heterocycles. The molecule has 130 valence electrons. The molecule has 0 radical (unpaired) electrons. The van der Waals surface area contributed by atoms with Crippen LogP contribution in [0.2, 0.25) is 0 Å². The van der Waals surface area contributed by atoms with E-state index >= 15 is 0 Å². The molecule has 1 aromatic carbocycles. The zero-order chi connectivity index (χ0) is 17.0. The fourth-order valence-corrected chi connectivity index (χ4v) is 3.12. The second kappa shape index (κ2) is 7.47. The molecule has 1 saturated carbocycles. The third-order valence-corrected chi connectivity index (χ3v) is 4.22. The summed E-state index contributed by atoms with van der Waals surface area (Å²) < 4.78 is 67.9. The van der Waals surface area contributed by atoms with Gasteiger partial charge in [-0.2, -0.15) is 22.0 Å². The van der Waals surface area contributed by atoms with Gasteiger partial charge in [-0.1, -0.05) is 24.6 Å². The Balaban J connectivity index is 2.03. The molecule has 0 bridgehead atoms. The first kappa shape index (κ1) is 18.0. The van der Waals surface area contributed by atoms with Crippen molar-refractivity contribution in [2.24, 2.45) is 5.92 Å². The maximum Gasteiger partial charge on any atom is 0.391 e. The molecule has 23 heavy (non-hydrogen) atoms. The van der Waals surface area contributed by atoms with Gasteiger partial charge in [0.05, 0.1) is 5.92 Å². The number of alkyl halides is 5. The van der Waals surface area contributed by atoms with Crippen LogP contribution in [0.5, 0.6) is 5.75 Å². The van der Waals surface area contributed by atoms with Gasteiger partial charge in [-0.05, 0) is 32.3 Å². The number of para-hydroxylation sites is 1. The monoisotopic (exact) mass is 337 g/mol. The quantitative estimate of drug-likeness (QED) is 0.758. The molecule has 0 spiro atoms. The molecule has 1 aliphatic carbocycles. The molecule has 2 rings (SSSR count). The number of ether oxygens (including phenoxy) is 1. The number of halogens is 5. The van der Waals surface area contributed by atoms with Crippen molar-refractivity contribution in [3.05, 3.63) is 29.8 Å². The van der Waals surface area contributed by atoms with Crippen molar-refractivity contribution >= 4 is 0 Å². The van der Waals surface area contributed by atoms with E-state index in [1.54, 1.807) is 25.1 Å². The topological polar surface area (TPSA) is 21.3 Å². The van der Waals surface area contributed by atoms with Crippen molar-refractivity contribution in [2.75, 3.05) is 0 Å². The average molecular weight is 337 g/mol. The highest BCUT2D eigenvalue weighted by atomic mass is 19.4. The molecule has 3 atom stereocenters. The molecule has 1 N–H and O–H groups in total. The molecular formula is C16H20F5NO. The van der Waals surface area contributed by atoms with Gasteiger partial charge in [0.25, 0.3) is 0 Å². The highest BCUT2D eigenvalue weighted by Crippen LogP contribution is 2.38. The lowest BCUT2D eigenvalue weighted by Crippen LogP contribution is -2.39. The third kappa shape index (κ3) is 5.06. The zero-order valence-electron chi connectivity index (χ0n) is 12.7. The molecule has 0 saturated heterocycles. The van der Waals surface area contributed by atoms with Gasteiger partial charge >= 0.3 is 12.8 Å². The second-order valence-corrected chi connectivity index (χ2v) is 5.91. The third-order valence-electron chi connectivity index (χ3n) is 4.22. The van der Waals surface area contributed by atoms with Gasteiger partial charge in [-0.3, -0.25) is 0 Å². The summed E-state index contributed by atoms with van der Waals surface area (Å²) in [6.45, 7) is -1.20. The molecule has 1 fully saturated rings.